The van der Waals surface area contributed by atoms with Gasteiger partial charge in [0.2, 0.25) is 0 Å². The molecule has 1 aliphatic rings. The van der Waals surface area contributed by atoms with Crippen molar-refractivity contribution in [3.8, 4) is 0 Å². The van der Waals surface area contributed by atoms with Crippen molar-refractivity contribution in [3.63, 3.8) is 0 Å². The van der Waals surface area contributed by atoms with Gasteiger partial charge >= 0.3 is 5.97 Å². The summed E-state index contributed by atoms with van der Waals surface area (Å²) in [4.78, 5) is 11.8. The second-order valence-electron chi connectivity index (χ2n) is 6.02. The third-order valence-corrected chi connectivity index (χ3v) is 4.81. The number of rotatable bonds is 2. The van der Waals surface area contributed by atoms with Crippen LogP contribution in [-0.4, -0.2) is 15.6 Å². The van der Waals surface area contributed by atoms with Gasteiger partial charge in [-0.2, -0.15) is 0 Å². The van der Waals surface area contributed by atoms with Crippen molar-refractivity contribution in [1.29, 1.82) is 0 Å². The number of hydrogen-bond donors (Lipinski definition) is 1. The Hall–Kier alpha value is -2.55. The monoisotopic (exact) mass is 291 g/mol. The quantitative estimate of drug-likeness (QED) is 0.781. The molecule has 0 radical (unpaired) electrons. The fourth-order valence-electron chi connectivity index (χ4n) is 3.86. The molecule has 3 heteroatoms. The zero-order valence-corrected chi connectivity index (χ0v) is 12.4. The predicted octanol–water partition coefficient (Wildman–Crippen LogP) is 3.76. The highest BCUT2D eigenvalue weighted by Gasteiger charge is 2.30. The van der Waals surface area contributed by atoms with Crippen LogP contribution in [0.5, 0.6) is 0 Å². The lowest BCUT2D eigenvalue weighted by atomic mass is 9.93. The summed E-state index contributed by atoms with van der Waals surface area (Å²) in [5.74, 6) is -0.598. The molecule has 0 amide bonds. The summed E-state index contributed by atoms with van der Waals surface area (Å²) in [5, 5.41) is 10.8. The van der Waals surface area contributed by atoms with Crippen LogP contribution in [0.1, 0.15) is 33.1 Å². The molecule has 22 heavy (non-hydrogen) atoms. The van der Waals surface area contributed by atoms with Crippen molar-refractivity contribution in [3.05, 3.63) is 70.9 Å². The molecule has 3 nitrogen and oxygen atoms in total. The highest BCUT2D eigenvalue weighted by atomic mass is 16.4. The molecule has 0 aliphatic heterocycles. The molecule has 110 valence electrons. The number of nitrogens with zero attached hydrogens (tertiary/aromatic N) is 1. The van der Waals surface area contributed by atoms with Crippen LogP contribution >= 0.6 is 0 Å². The number of benzene rings is 2. The summed E-state index contributed by atoms with van der Waals surface area (Å²) >= 11 is 0. The number of carbonyl (C=O) groups is 1. The Morgan fingerprint density at radius 2 is 1.64 bits per heavy atom. The standard InChI is InChI=1S/C19H17NO2/c1-20-16-9-5-4-8-15(16)17(18(20)19(21)22)14-10-12-6-2-3-7-13(12)11-14/h2-9,14H,10-11H2,1H3,(H,21,22). The maximum absolute atomic E-state index is 11.8. The van der Waals surface area contributed by atoms with E-state index in [0.717, 1.165) is 29.3 Å². The molecule has 1 aliphatic carbocycles. The van der Waals surface area contributed by atoms with E-state index in [4.69, 9.17) is 0 Å². The Balaban J connectivity index is 1.92. The van der Waals surface area contributed by atoms with E-state index >= 15 is 0 Å². The van der Waals surface area contributed by atoms with Crippen LogP contribution < -0.4 is 0 Å². The first-order valence-corrected chi connectivity index (χ1v) is 7.54. The van der Waals surface area contributed by atoms with Crippen LogP contribution in [0.15, 0.2) is 48.5 Å². The normalized spacial score (nSPS) is 14.4. The van der Waals surface area contributed by atoms with Gasteiger partial charge in [0.25, 0.3) is 0 Å². The van der Waals surface area contributed by atoms with Crippen LogP contribution in [0.4, 0.5) is 0 Å². The summed E-state index contributed by atoms with van der Waals surface area (Å²) in [6.45, 7) is 0. The maximum Gasteiger partial charge on any atom is 0.352 e. The summed E-state index contributed by atoms with van der Waals surface area (Å²) in [6, 6.07) is 16.4. The molecule has 0 unspecified atom stereocenters. The van der Waals surface area contributed by atoms with Gasteiger partial charge in [-0.15, -0.1) is 0 Å². The molecule has 0 spiro atoms. The number of aromatic carboxylic acids is 1. The van der Waals surface area contributed by atoms with Crippen molar-refractivity contribution < 1.29 is 9.90 Å². The van der Waals surface area contributed by atoms with E-state index in [1.54, 1.807) is 0 Å². The Morgan fingerprint density at radius 3 is 2.27 bits per heavy atom. The molecule has 0 atom stereocenters. The van der Waals surface area contributed by atoms with E-state index in [9.17, 15) is 9.90 Å². The zero-order chi connectivity index (χ0) is 15.3. The number of hydrogen-bond acceptors (Lipinski definition) is 1. The first-order chi connectivity index (χ1) is 10.7. The number of carboxylic acid groups (broad SMARTS) is 1. The molecule has 1 heterocycles. The molecule has 0 fully saturated rings. The van der Waals surface area contributed by atoms with Crippen molar-refractivity contribution in [2.45, 2.75) is 18.8 Å². The van der Waals surface area contributed by atoms with E-state index in [1.165, 1.54) is 11.1 Å². The average molecular weight is 291 g/mol. The minimum absolute atomic E-state index is 0.245. The van der Waals surface area contributed by atoms with Crippen molar-refractivity contribution in [2.24, 2.45) is 7.05 Å². The highest BCUT2D eigenvalue weighted by Crippen LogP contribution is 2.40. The summed E-state index contributed by atoms with van der Waals surface area (Å²) < 4.78 is 1.82. The molecule has 4 rings (SSSR count). The number of para-hydroxylation sites is 1. The summed E-state index contributed by atoms with van der Waals surface area (Å²) in [6.07, 6.45) is 1.84. The topological polar surface area (TPSA) is 42.2 Å². The maximum atomic E-state index is 11.8. The van der Waals surface area contributed by atoms with Crippen LogP contribution in [0.25, 0.3) is 10.9 Å². The third-order valence-electron chi connectivity index (χ3n) is 4.81. The van der Waals surface area contributed by atoms with Crippen LogP contribution in [-0.2, 0) is 19.9 Å². The smallest absolute Gasteiger partial charge is 0.352 e. The van der Waals surface area contributed by atoms with E-state index in [-0.39, 0.29) is 5.92 Å². The molecular weight excluding hydrogens is 274 g/mol. The lowest BCUT2D eigenvalue weighted by molar-refractivity contribution is 0.0685. The largest absolute Gasteiger partial charge is 0.477 e. The SMILES string of the molecule is Cn1c(C(=O)O)c(C2Cc3ccccc3C2)c2ccccc21. The van der Waals surface area contributed by atoms with Gasteiger partial charge in [0.15, 0.2) is 0 Å². The van der Waals surface area contributed by atoms with Crippen LogP contribution in [0.3, 0.4) is 0 Å². The molecule has 2 aromatic carbocycles. The van der Waals surface area contributed by atoms with E-state index in [0.29, 0.717) is 5.69 Å². The van der Waals surface area contributed by atoms with E-state index < -0.39 is 5.97 Å². The van der Waals surface area contributed by atoms with Gasteiger partial charge in [-0.25, -0.2) is 4.79 Å². The molecule has 0 saturated carbocycles. The minimum atomic E-state index is -0.843. The Labute approximate surface area is 128 Å². The Kier molecular flexibility index (Phi) is 2.83. The van der Waals surface area contributed by atoms with Gasteiger partial charge in [-0.1, -0.05) is 42.5 Å². The van der Waals surface area contributed by atoms with Gasteiger partial charge in [-0.3, -0.25) is 0 Å². The number of aryl methyl sites for hydroxylation is 1. The second-order valence-corrected chi connectivity index (χ2v) is 6.02. The zero-order valence-electron chi connectivity index (χ0n) is 12.4. The second kappa shape index (κ2) is 4.73. The Bertz CT molecular complexity index is 867. The molecule has 1 aromatic heterocycles. The van der Waals surface area contributed by atoms with Gasteiger partial charge in [0.1, 0.15) is 5.69 Å². The van der Waals surface area contributed by atoms with Gasteiger partial charge < -0.3 is 9.67 Å². The number of fused-ring (bicyclic) bond motifs is 2. The molecule has 0 saturated heterocycles. The number of carboxylic acids is 1. The molecule has 0 bridgehead atoms. The minimum Gasteiger partial charge on any atom is -0.477 e. The molecular formula is C19H17NO2. The van der Waals surface area contributed by atoms with Gasteiger partial charge in [0.05, 0.1) is 0 Å². The average Bonchev–Trinajstić information content (AvgIpc) is 3.06. The fraction of sp³-hybridized carbons (Fsp3) is 0.211. The highest BCUT2D eigenvalue weighted by molar-refractivity contribution is 5.98. The molecule has 1 N–H and O–H groups in total. The first-order valence-electron chi connectivity index (χ1n) is 7.54. The molecule has 3 aromatic rings. The third kappa shape index (κ3) is 1.78. The predicted molar refractivity (Wildman–Crippen MR) is 86.5 cm³/mol. The summed E-state index contributed by atoms with van der Waals surface area (Å²) in [5.41, 5.74) is 5.10. The lowest BCUT2D eigenvalue weighted by Crippen LogP contribution is -2.10. The van der Waals surface area contributed by atoms with E-state index in [1.807, 2.05) is 35.9 Å². The number of aromatic nitrogens is 1. The van der Waals surface area contributed by atoms with Crippen LogP contribution in [0, 0.1) is 0 Å². The van der Waals surface area contributed by atoms with Crippen molar-refractivity contribution >= 4 is 16.9 Å². The van der Waals surface area contributed by atoms with Gasteiger partial charge in [-0.05, 0) is 41.5 Å². The van der Waals surface area contributed by atoms with Gasteiger partial charge in [0, 0.05) is 18.0 Å². The lowest BCUT2D eigenvalue weighted by Gasteiger charge is -2.10. The Morgan fingerprint density at radius 1 is 1.05 bits per heavy atom. The van der Waals surface area contributed by atoms with Crippen molar-refractivity contribution in [1.82, 2.24) is 4.57 Å². The fourth-order valence-corrected chi connectivity index (χ4v) is 3.86. The first kappa shape index (κ1) is 13.1. The van der Waals surface area contributed by atoms with Crippen LogP contribution in [0.2, 0.25) is 0 Å². The van der Waals surface area contributed by atoms with E-state index in [2.05, 4.69) is 24.3 Å². The van der Waals surface area contributed by atoms with Crippen molar-refractivity contribution in [2.75, 3.05) is 0 Å². The summed E-state index contributed by atoms with van der Waals surface area (Å²) in [7, 11) is 1.84.